The third-order valence-electron chi connectivity index (χ3n) is 2.58. The molecule has 5 heteroatoms. The topological polar surface area (TPSA) is 43.7 Å². The quantitative estimate of drug-likeness (QED) is 0.657. The molecular formula is C8H15Cl2NO2. The van der Waals surface area contributed by atoms with Gasteiger partial charge in [-0.05, 0) is 0 Å². The Kier molecular flexibility index (Phi) is 4.26. The lowest BCUT2D eigenvalue weighted by atomic mass is 9.82. The number of halogens is 2. The summed E-state index contributed by atoms with van der Waals surface area (Å²) in [7, 11) is 0. The van der Waals surface area contributed by atoms with Crippen LogP contribution in [-0.2, 0) is 0 Å². The van der Waals surface area contributed by atoms with Crippen molar-refractivity contribution in [2.45, 2.75) is 6.04 Å². The first-order valence-electron chi connectivity index (χ1n) is 4.29. The lowest BCUT2D eigenvalue weighted by molar-refractivity contribution is -0.0382. The molecule has 0 unspecified atom stereocenters. The third kappa shape index (κ3) is 2.28. The Morgan fingerprint density at radius 2 is 1.62 bits per heavy atom. The van der Waals surface area contributed by atoms with Gasteiger partial charge in [0, 0.05) is 30.3 Å². The largest absolute Gasteiger partial charge is 0.395 e. The van der Waals surface area contributed by atoms with E-state index in [0.717, 1.165) is 13.1 Å². The van der Waals surface area contributed by atoms with Gasteiger partial charge in [-0.1, -0.05) is 0 Å². The average molecular weight is 228 g/mol. The Labute approximate surface area is 88.2 Å². The lowest BCUT2D eigenvalue weighted by Crippen LogP contribution is -2.63. The molecule has 0 amide bonds. The monoisotopic (exact) mass is 227 g/mol. The van der Waals surface area contributed by atoms with Crippen molar-refractivity contribution in [2.24, 2.45) is 5.41 Å². The average Bonchev–Trinajstić information content (AvgIpc) is 2.11. The zero-order valence-electron chi connectivity index (χ0n) is 7.42. The summed E-state index contributed by atoms with van der Waals surface area (Å²) in [6.07, 6.45) is 0. The Bertz CT molecular complexity index is 152. The Balaban J connectivity index is 2.38. The van der Waals surface area contributed by atoms with E-state index in [1.54, 1.807) is 0 Å². The number of nitrogens with zero attached hydrogens (tertiary/aromatic N) is 1. The molecule has 0 aliphatic carbocycles. The van der Waals surface area contributed by atoms with Crippen LogP contribution in [0.1, 0.15) is 0 Å². The van der Waals surface area contributed by atoms with Gasteiger partial charge < -0.3 is 10.2 Å². The van der Waals surface area contributed by atoms with Gasteiger partial charge in [0.1, 0.15) is 0 Å². The third-order valence-corrected chi connectivity index (χ3v) is 3.72. The molecule has 0 bridgehead atoms. The maximum absolute atomic E-state index is 8.91. The van der Waals surface area contributed by atoms with Gasteiger partial charge in [-0.25, -0.2) is 0 Å². The summed E-state index contributed by atoms with van der Waals surface area (Å²) in [5.41, 5.74) is -0.00823. The van der Waals surface area contributed by atoms with Crippen molar-refractivity contribution in [1.82, 2.24) is 4.90 Å². The highest BCUT2D eigenvalue weighted by molar-refractivity contribution is 6.21. The Hall–Kier alpha value is 0.460. The number of rotatable bonds is 5. The minimum atomic E-state index is -0.153. The van der Waals surface area contributed by atoms with E-state index in [9.17, 15) is 0 Å². The molecule has 0 radical (unpaired) electrons. The predicted octanol–water partition coefficient (Wildman–Crippen LogP) is 0.119. The van der Waals surface area contributed by atoms with E-state index in [2.05, 4.69) is 0 Å². The van der Waals surface area contributed by atoms with Crippen LogP contribution in [0, 0.1) is 5.41 Å². The smallest absolute Gasteiger partial charge is 0.0609 e. The molecule has 0 aromatic carbocycles. The normalized spacial score (nSPS) is 21.9. The number of aliphatic hydroxyl groups is 2. The zero-order valence-corrected chi connectivity index (χ0v) is 8.93. The summed E-state index contributed by atoms with van der Waals surface area (Å²) in [5.74, 6) is 1.08. The van der Waals surface area contributed by atoms with Crippen LogP contribution in [0.25, 0.3) is 0 Å². The minimum Gasteiger partial charge on any atom is -0.395 e. The summed E-state index contributed by atoms with van der Waals surface area (Å²) in [6.45, 7) is 1.51. The van der Waals surface area contributed by atoms with Crippen molar-refractivity contribution in [3.63, 3.8) is 0 Å². The first kappa shape index (κ1) is 11.5. The molecule has 3 nitrogen and oxygen atoms in total. The highest BCUT2D eigenvalue weighted by atomic mass is 35.5. The molecule has 0 atom stereocenters. The molecule has 0 aromatic heterocycles. The molecule has 1 aliphatic heterocycles. The van der Waals surface area contributed by atoms with E-state index in [-0.39, 0.29) is 24.7 Å². The minimum absolute atomic E-state index is 0.00823. The predicted molar refractivity (Wildman–Crippen MR) is 53.4 cm³/mol. The molecule has 78 valence electrons. The maximum Gasteiger partial charge on any atom is 0.0609 e. The number of hydrogen-bond donors (Lipinski definition) is 2. The first-order chi connectivity index (χ1) is 6.21. The number of aliphatic hydroxyl groups excluding tert-OH is 2. The Morgan fingerprint density at radius 3 is 1.92 bits per heavy atom. The van der Waals surface area contributed by atoms with Crippen LogP contribution >= 0.6 is 23.2 Å². The first-order valence-corrected chi connectivity index (χ1v) is 5.36. The van der Waals surface area contributed by atoms with Crippen molar-refractivity contribution >= 4 is 23.2 Å². The maximum atomic E-state index is 8.91. The van der Waals surface area contributed by atoms with Gasteiger partial charge in [-0.2, -0.15) is 0 Å². The standard InChI is InChI=1S/C8H15Cl2NO2/c9-3-8(4-10)5-11(6-8)7(1-12)2-13/h7,12-13H,1-6H2. The van der Waals surface area contributed by atoms with Gasteiger partial charge >= 0.3 is 0 Å². The molecular weight excluding hydrogens is 213 g/mol. The zero-order chi connectivity index (χ0) is 9.90. The van der Waals surface area contributed by atoms with E-state index in [1.165, 1.54) is 0 Å². The summed E-state index contributed by atoms with van der Waals surface area (Å²) in [6, 6.07) is -0.153. The summed E-state index contributed by atoms with van der Waals surface area (Å²) in [4.78, 5) is 2.00. The van der Waals surface area contributed by atoms with Crippen LogP contribution in [0.5, 0.6) is 0 Å². The summed E-state index contributed by atoms with van der Waals surface area (Å²) >= 11 is 11.6. The van der Waals surface area contributed by atoms with Gasteiger partial charge in [-0.3, -0.25) is 4.90 Å². The fourth-order valence-corrected chi connectivity index (χ4v) is 2.19. The molecule has 0 saturated carbocycles. The fraction of sp³-hybridized carbons (Fsp3) is 1.00. The van der Waals surface area contributed by atoms with Crippen LogP contribution in [0.15, 0.2) is 0 Å². The SMILES string of the molecule is OCC(CO)N1CC(CCl)(CCl)C1. The molecule has 13 heavy (non-hydrogen) atoms. The molecule has 0 aromatic rings. The van der Waals surface area contributed by atoms with E-state index in [0.29, 0.717) is 11.8 Å². The van der Waals surface area contributed by atoms with E-state index < -0.39 is 0 Å². The second kappa shape index (κ2) is 4.80. The van der Waals surface area contributed by atoms with Crippen LogP contribution in [0.4, 0.5) is 0 Å². The van der Waals surface area contributed by atoms with Gasteiger partial charge in [-0.15, -0.1) is 23.2 Å². The van der Waals surface area contributed by atoms with Crippen molar-refractivity contribution in [2.75, 3.05) is 38.1 Å². The van der Waals surface area contributed by atoms with E-state index in [4.69, 9.17) is 33.4 Å². The number of alkyl halides is 2. The van der Waals surface area contributed by atoms with Crippen LogP contribution in [0.2, 0.25) is 0 Å². The lowest BCUT2D eigenvalue weighted by Gasteiger charge is -2.51. The molecule has 1 aliphatic rings. The molecule has 1 heterocycles. The summed E-state index contributed by atoms with van der Waals surface area (Å²) < 4.78 is 0. The molecule has 1 fully saturated rings. The second-order valence-electron chi connectivity index (χ2n) is 3.69. The highest BCUT2D eigenvalue weighted by Gasteiger charge is 2.43. The van der Waals surface area contributed by atoms with Gasteiger partial charge in [0.2, 0.25) is 0 Å². The fourth-order valence-electron chi connectivity index (χ4n) is 1.57. The van der Waals surface area contributed by atoms with Gasteiger partial charge in [0.05, 0.1) is 19.3 Å². The van der Waals surface area contributed by atoms with Gasteiger partial charge in [0.15, 0.2) is 0 Å². The molecule has 2 N–H and O–H groups in total. The second-order valence-corrected chi connectivity index (χ2v) is 4.23. The molecule has 1 saturated heterocycles. The molecule has 1 rings (SSSR count). The van der Waals surface area contributed by atoms with Crippen LogP contribution < -0.4 is 0 Å². The van der Waals surface area contributed by atoms with Crippen LogP contribution in [0.3, 0.4) is 0 Å². The van der Waals surface area contributed by atoms with E-state index in [1.807, 2.05) is 4.90 Å². The van der Waals surface area contributed by atoms with Crippen molar-refractivity contribution in [3.8, 4) is 0 Å². The van der Waals surface area contributed by atoms with E-state index >= 15 is 0 Å². The van der Waals surface area contributed by atoms with Crippen molar-refractivity contribution in [1.29, 1.82) is 0 Å². The summed E-state index contributed by atoms with van der Waals surface area (Å²) in [5, 5.41) is 17.8. The van der Waals surface area contributed by atoms with Crippen molar-refractivity contribution < 1.29 is 10.2 Å². The Morgan fingerprint density at radius 1 is 1.15 bits per heavy atom. The molecule has 0 spiro atoms. The number of hydrogen-bond acceptors (Lipinski definition) is 3. The highest BCUT2D eigenvalue weighted by Crippen LogP contribution is 2.34. The number of likely N-dealkylation sites (tertiary alicyclic amines) is 1. The van der Waals surface area contributed by atoms with Crippen molar-refractivity contribution in [3.05, 3.63) is 0 Å². The van der Waals surface area contributed by atoms with Gasteiger partial charge in [0.25, 0.3) is 0 Å². The van der Waals surface area contributed by atoms with Crippen LogP contribution in [-0.4, -0.2) is 59.2 Å².